The predicted octanol–water partition coefficient (Wildman–Crippen LogP) is 4.08. The van der Waals surface area contributed by atoms with E-state index >= 15 is 0 Å². The van der Waals surface area contributed by atoms with E-state index in [1.54, 1.807) is 0 Å². The Morgan fingerprint density at radius 2 is 1.47 bits per heavy atom. The molecule has 94 valence electrons. The molecule has 0 fully saturated rings. The first-order valence-corrected chi connectivity index (χ1v) is 6.00. The summed E-state index contributed by atoms with van der Waals surface area (Å²) in [5.74, 6) is 0.894. The first-order chi connectivity index (χ1) is 7.66. The van der Waals surface area contributed by atoms with Crippen LogP contribution in [0.1, 0.15) is 47.1 Å². The van der Waals surface area contributed by atoms with E-state index < -0.39 is 0 Å². The van der Waals surface area contributed by atoms with Gasteiger partial charge in [0.2, 0.25) is 0 Å². The number of nitrogens with zero attached hydrogens (tertiary/aromatic N) is 1. The van der Waals surface area contributed by atoms with Gasteiger partial charge in [0, 0.05) is 6.21 Å². The van der Waals surface area contributed by atoms with Gasteiger partial charge in [0.05, 0.1) is 5.54 Å². The minimum absolute atomic E-state index is 0.0272. The zero-order valence-corrected chi connectivity index (χ0v) is 11.7. The van der Waals surface area contributed by atoms with E-state index in [-0.39, 0.29) is 11.1 Å². The van der Waals surface area contributed by atoms with E-state index in [0.29, 0.717) is 0 Å². The van der Waals surface area contributed by atoms with Crippen molar-refractivity contribution >= 4 is 6.21 Å². The maximum absolute atomic E-state index is 5.76. The Morgan fingerprint density at radius 3 is 1.88 bits per heavy atom. The molecule has 0 spiro atoms. The third-order valence-electron chi connectivity index (χ3n) is 1.91. The molecule has 0 radical (unpaired) electrons. The van der Waals surface area contributed by atoms with Gasteiger partial charge in [-0.05, 0) is 71.4 Å². The molecule has 0 amide bonds. The van der Waals surface area contributed by atoms with Crippen LogP contribution in [0.3, 0.4) is 0 Å². The summed E-state index contributed by atoms with van der Waals surface area (Å²) >= 11 is 0. The summed E-state index contributed by atoms with van der Waals surface area (Å²) in [4.78, 5) is 4.47. The Hall–Kier alpha value is -1.31. The molecule has 0 aliphatic heterocycles. The van der Waals surface area contributed by atoms with Crippen molar-refractivity contribution < 1.29 is 4.74 Å². The van der Waals surface area contributed by atoms with Gasteiger partial charge in [0.25, 0.3) is 0 Å². The van der Waals surface area contributed by atoms with E-state index in [4.69, 9.17) is 4.74 Å². The summed E-state index contributed by atoms with van der Waals surface area (Å²) in [6.45, 7) is 12.4. The molecule has 2 nitrogen and oxygen atoms in total. The van der Waals surface area contributed by atoms with Crippen molar-refractivity contribution in [2.75, 3.05) is 0 Å². The van der Waals surface area contributed by atoms with Gasteiger partial charge in [-0.15, -0.1) is 0 Å². The van der Waals surface area contributed by atoms with Crippen LogP contribution in [0, 0.1) is 0 Å². The minimum Gasteiger partial charge on any atom is -0.488 e. The highest BCUT2D eigenvalue weighted by Crippen LogP contribution is 2.18. The summed E-state index contributed by atoms with van der Waals surface area (Å²) in [5, 5.41) is 0. The molecular weight excluding hydrogens is 210 g/mol. The second kappa shape index (κ2) is 4.91. The average Bonchev–Trinajstić information content (AvgIpc) is 2.13. The monoisotopic (exact) mass is 233 g/mol. The lowest BCUT2D eigenvalue weighted by Crippen LogP contribution is -2.22. The highest BCUT2D eigenvalue weighted by molar-refractivity contribution is 5.80. The number of aliphatic imine (C=N–C) groups is 1. The van der Waals surface area contributed by atoms with E-state index in [1.165, 1.54) is 0 Å². The van der Waals surface area contributed by atoms with Crippen molar-refractivity contribution in [2.24, 2.45) is 4.99 Å². The molecule has 0 bridgehead atoms. The van der Waals surface area contributed by atoms with E-state index in [1.807, 2.05) is 51.3 Å². The van der Waals surface area contributed by atoms with Crippen molar-refractivity contribution in [1.29, 1.82) is 0 Å². The minimum atomic E-state index is -0.152. The number of benzene rings is 1. The molecule has 1 aromatic carbocycles. The zero-order chi connectivity index (χ0) is 13.1. The highest BCUT2D eigenvalue weighted by Gasteiger charge is 2.11. The summed E-state index contributed by atoms with van der Waals surface area (Å²) in [7, 11) is 0. The summed E-state index contributed by atoms with van der Waals surface area (Å²) in [5.41, 5.74) is 0.919. The summed E-state index contributed by atoms with van der Waals surface area (Å²) in [6.07, 6.45) is 1.90. The molecule has 17 heavy (non-hydrogen) atoms. The van der Waals surface area contributed by atoms with Gasteiger partial charge in [-0.2, -0.15) is 0 Å². The van der Waals surface area contributed by atoms with Gasteiger partial charge >= 0.3 is 0 Å². The second-order valence-electron chi connectivity index (χ2n) is 6.21. The Kier molecular flexibility index (Phi) is 3.97. The molecule has 2 heteroatoms. The van der Waals surface area contributed by atoms with Gasteiger partial charge in [-0.1, -0.05) is 0 Å². The lowest BCUT2D eigenvalue weighted by Gasteiger charge is -2.21. The smallest absolute Gasteiger partial charge is 0.120 e. The fourth-order valence-corrected chi connectivity index (χ4v) is 1.24. The molecule has 1 aromatic rings. The van der Waals surface area contributed by atoms with Crippen LogP contribution in [0.25, 0.3) is 0 Å². The van der Waals surface area contributed by atoms with Crippen LogP contribution in [0.15, 0.2) is 29.3 Å². The van der Waals surface area contributed by atoms with E-state index in [0.717, 1.165) is 11.3 Å². The van der Waals surface area contributed by atoms with Gasteiger partial charge in [0.15, 0.2) is 0 Å². The number of hydrogen-bond donors (Lipinski definition) is 0. The van der Waals surface area contributed by atoms with Crippen molar-refractivity contribution in [1.82, 2.24) is 0 Å². The molecule has 1 rings (SSSR count). The average molecular weight is 233 g/mol. The summed E-state index contributed by atoms with van der Waals surface area (Å²) in [6, 6.07) is 8.01. The molecule has 0 aliphatic carbocycles. The maximum atomic E-state index is 5.76. The van der Waals surface area contributed by atoms with Crippen LogP contribution < -0.4 is 4.74 Å². The highest BCUT2D eigenvalue weighted by atomic mass is 16.5. The quantitative estimate of drug-likeness (QED) is 0.705. The Morgan fingerprint density at radius 1 is 0.941 bits per heavy atom. The third-order valence-corrected chi connectivity index (χ3v) is 1.91. The van der Waals surface area contributed by atoms with Crippen LogP contribution in [-0.4, -0.2) is 17.4 Å². The molecule has 0 aliphatic rings. The van der Waals surface area contributed by atoms with Crippen LogP contribution in [0.5, 0.6) is 5.75 Å². The van der Waals surface area contributed by atoms with Crippen LogP contribution in [-0.2, 0) is 0 Å². The van der Waals surface area contributed by atoms with Crippen molar-refractivity contribution in [2.45, 2.75) is 52.7 Å². The molecule has 0 N–H and O–H groups in total. The van der Waals surface area contributed by atoms with Crippen LogP contribution in [0.2, 0.25) is 0 Å². The number of ether oxygens (including phenoxy) is 1. The predicted molar refractivity (Wildman–Crippen MR) is 74.2 cm³/mol. The van der Waals surface area contributed by atoms with Crippen molar-refractivity contribution in [3.63, 3.8) is 0 Å². The molecule has 0 heterocycles. The lowest BCUT2D eigenvalue weighted by atomic mass is 10.1. The van der Waals surface area contributed by atoms with Gasteiger partial charge in [-0.25, -0.2) is 0 Å². The zero-order valence-electron chi connectivity index (χ0n) is 11.7. The normalized spacial score (nSPS) is 13.1. The maximum Gasteiger partial charge on any atom is 0.120 e. The van der Waals surface area contributed by atoms with Crippen molar-refractivity contribution in [3.8, 4) is 5.75 Å². The largest absolute Gasteiger partial charge is 0.488 e. The lowest BCUT2D eigenvalue weighted by molar-refractivity contribution is 0.131. The molecule has 0 saturated heterocycles. The molecule has 0 saturated carbocycles. The van der Waals surface area contributed by atoms with Gasteiger partial charge in [-0.3, -0.25) is 4.99 Å². The fraction of sp³-hybridized carbons (Fsp3) is 0.533. The SMILES string of the molecule is CC(C)(C)N=Cc1ccc(OC(C)(C)C)cc1. The van der Waals surface area contributed by atoms with Crippen molar-refractivity contribution in [3.05, 3.63) is 29.8 Å². The van der Waals surface area contributed by atoms with Gasteiger partial charge in [0.1, 0.15) is 11.4 Å². The molecule has 0 unspecified atom stereocenters. The number of rotatable bonds is 2. The topological polar surface area (TPSA) is 21.6 Å². The first kappa shape index (κ1) is 13.8. The van der Waals surface area contributed by atoms with Gasteiger partial charge < -0.3 is 4.74 Å². The Balaban J connectivity index is 2.72. The van der Waals surface area contributed by atoms with Crippen LogP contribution in [0.4, 0.5) is 0 Å². The molecule has 0 atom stereocenters. The van der Waals surface area contributed by atoms with E-state index in [9.17, 15) is 0 Å². The first-order valence-electron chi connectivity index (χ1n) is 6.00. The van der Waals surface area contributed by atoms with Crippen LogP contribution >= 0.6 is 0 Å². The standard InChI is InChI=1S/C15H23NO/c1-14(2,3)16-11-12-7-9-13(10-8-12)17-15(4,5)6/h7-11H,1-6H3. The summed E-state index contributed by atoms with van der Waals surface area (Å²) < 4.78 is 5.76. The fourth-order valence-electron chi connectivity index (χ4n) is 1.24. The van der Waals surface area contributed by atoms with E-state index in [2.05, 4.69) is 25.8 Å². The number of hydrogen-bond acceptors (Lipinski definition) is 2. The third kappa shape index (κ3) is 6.10. The Bertz CT molecular complexity index is 377. The second-order valence-corrected chi connectivity index (χ2v) is 6.21. The molecule has 0 aromatic heterocycles. The molecular formula is C15H23NO. The Labute approximate surface area is 105 Å².